The van der Waals surface area contributed by atoms with Crippen molar-refractivity contribution in [2.24, 2.45) is 0 Å². The molecule has 2 heterocycles. The number of nitrogens with one attached hydrogen (secondary N) is 1. The average molecular weight is 265 g/mol. The zero-order valence-corrected chi connectivity index (χ0v) is 10.2. The van der Waals surface area contributed by atoms with E-state index < -0.39 is 18.8 Å². The molecule has 4 nitrogen and oxygen atoms in total. The maximum absolute atomic E-state index is 12.2. The third-order valence-electron chi connectivity index (χ3n) is 3.40. The van der Waals surface area contributed by atoms with Gasteiger partial charge >= 0.3 is 12.2 Å². The molecule has 1 atom stereocenters. The lowest BCUT2D eigenvalue weighted by molar-refractivity contribution is -0.138. The Bertz CT molecular complexity index is 302. The summed E-state index contributed by atoms with van der Waals surface area (Å²) in [6.07, 6.45) is -1.07. The summed E-state index contributed by atoms with van der Waals surface area (Å²) >= 11 is 0. The molecular weight excluding hydrogens is 247 g/mol. The van der Waals surface area contributed by atoms with Crippen LogP contribution in [0.4, 0.5) is 18.0 Å². The maximum Gasteiger partial charge on any atom is 0.406 e. The van der Waals surface area contributed by atoms with Crippen molar-refractivity contribution in [1.29, 1.82) is 0 Å². The van der Waals surface area contributed by atoms with Crippen molar-refractivity contribution in [3.05, 3.63) is 0 Å². The van der Waals surface area contributed by atoms with Crippen LogP contribution >= 0.6 is 0 Å². The number of piperidine rings is 1. The van der Waals surface area contributed by atoms with Gasteiger partial charge in [-0.15, -0.1) is 0 Å². The Hall–Kier alpha value is -0.980. The Kier molecular flexibility index (Phi) is 3.99. The first-order valence-corrected chi connectivity index (χ1v) is 6.30. The molecular formula is C11H18F3N3O. The molecule has 2 amide bonds. The Labute approximate surface area is 104 Å². The van der Waals surface area contributed by atoms with Crippen LogP contribution in [0.1, 0.15) is 19.3 Å². The molecule has 0 aliphatic carbocycles. The van der Waals surface area contributed by atoms with E-state index in [1.807, 2.05) is 0 Å². The first-order chi connectivity index (χ1) is 8.46. The van der Waals surface area contributed by atoms with Gasteiger partial charge in [-0.1, -0.05) is 6.42 Å². The molecule has 2 aliphatic heterocycles. The van der Waals surface area contributed by atoms with Crippen molar-refractivity contribution >= 4 is 6.03 Å². The highest BCUT2D eigenvalue weighted by Gasteiger charge is 2.38. The van der Waals surface area contributed by atoms with Crippen LogP contribution in [0.2, 0.25) is 0 Å². The highest BCUT2D eigenvalue weighted by molar-refractivity contribution is 5.76. The molecule has 1 unspecified atom stereocenters. The molecule has 2 saturated heterocycles. The zero-order chi connectivity index (χ0) is 13.2. The third kappa shape index (κ3) is 3.51. The molecule has 0 bridgehead atoms. The van der Waals surface area contributed by atoms with Crippen LogP contribution in [-0.2, 0) is 0 Å². The van der Waals surface area contributed by atoms with Gasteiger partial charge in [0, 0.05) is 25.7 Å². The quantitative estimate of drug-likeness (QED) is 0.838. The molecule has 0 spiro atoms. The summed E-state index contributed by atoms with van der Waals surface area (Å²) in [7, 11) is 0. The van der Waals surface area contributed by atoms with E-state index in [1.54, 1.807) is 0 Å². The van der Waals surface area contributed by atoms with E-state index in [4.69, 9.17) is 0 Å². The summed E-state index contributed by atoms with van der Waals surface area (Å²) in [5.41, 5.74) is 0. The van der Waals surface area contributed by atoms with Crippen LogP contribution in [0.25, 0.3) is 0 Å². The molecule has 2 rings (SSSR count). The van der Waals surface area contributed by atoms with Gasteiger partial charge in [0.25, 0.3) is 0 Å². The van der Waals surface area contributed by atoms with E-state index in [2.05, 4.69) is 5.32 Å². The third-order valence-corrected chi connectivity index (χ3v) is 3.40. The molecule has 104 valence electrons. The average Bonchev–Trinajstić information content (AvgIpc) is 2.61. The summed E-state index contributed by atoms with van der Waals surface area (Å²) in [5, 5.41) is 3.29. The Morgan fingerprint density at radius 3 is 2.56 bits per heavy atom. The van der Waals surface area contributed by atoms with Gasteiger partial charge < -0.3 is 15.1 Å². The number of alkyl halides is 3. The highest BCUT2D eigenvalue weighted by Crippen LogP contribution is 2.20. The van der Waals surface area contributed by atoms with Gasteiger partial charge in [0.05, 0.1) is 0 Å². The monoisotopic (exact) mass is 265 g/mol. The summed E-state index contributed by atoms with van der Waals surface area (Å²) in [4.78, 5) is 14.2. The maximum atomic E-state index is 12.2. The number of urea groups is 1. The van der Waals surface area contributed by atoms with Gasteiger partial charge in [-0.2, -0.15) is 13.2 Å². The Morgan fingerprint density at radius 1 is 1.22 bits per heavy atom. The number of hydrogen-bond acceptors (Lipinski definition) is 2. The molecule has 0 aromatic heterocycles. The largest absolute Gasteiger partial charge is 0.406 e. The Morgan fingerprint density at radius 2 is 1.94 bits per heavy atom. The van der Waals surface area contributed by atoms with Crippen molar-refractivity contribution in [2.45, 2.75) is 31.5 Å². The van der Waals surface area contributed by atoms with Crippen molar-refractivity contribution in [2.75, 3.05) is 32.7 Å². The molecule has 0 aromatic rings. The van der Waals surface area contributed by atoms with Crippen LogP contribution in [0.5, 0.6) is 0 Å². The highest BCUT2D eigenvalue weighted by atomic mass is 19.4. The first-order valence-electron chi connectivity index (χ1n) is 6.30. The van der Waals surface area contributed by atoms with Gasteiger partial charge in [0.15, 0.2) is 0 Å². The molecule has 0 radical (unpaired) electrons. The summed E-state index contributed by atoms with van der Waals surface area (Å²) in [5.74, 6) is 0. The molecule has 1 N–H and O–H groups in total. The minimum absolute atomic E-state index is 0.172. The molecule has 0 saturated carbocycles. The van der Waals surface area contributed by atoms with Gasteiger partial charge in [0.1, 0.15) is 6.54 Å². The van der Waals surface area contributed by atoms with Crippen LogP contribution in [-0.4, -0.2) is 60.8 Å². The van der Waals surface area contributed by atoms with E-state index in [-0.39, 0.29) is 12.6 Å². The minimum Gasteiger partial charge on any atom is -0.321 e. The number of hydrogen-bond donors (Lipinski definition) is 1. The van der Waals surface area contributed by atoms with Crippen molar-refractivity contribution in [1.82, 2.24) is 15.1 Å². The standard InChI is InChI=1S/C11H18F3N3O/c12-11(13,14)8-17-6-5-16(10(17)18)7-9-3-1-2-4-15-9/h9,15H,1-8H2. The van der Waals surface area contributed by atoms with E-state index in [1.165, 1.54) is 4.90 Å². The van der Waals surface area contributed by atoms with E-state index in [0.29, 0.717) is 13.1 Å². The topological polar surface area (TPSA) is 35.6 Å². The van der Waals surface area contributed by atoms with Gasteiger partial charge in [-0.3, -0.25) is 0 Å². The first kappa shape index (κ1) is 13.5. The minimum atomic E-state index is -4.31. The van der Waals surface area contributed by atoms with Crippen LogP contribution in [0, 0.1) is 0 Å². The summed E-state index contributed by atoms with van der Waals surface area (Å²) in [6, 6.07) is -0.256. The molecule has 18 heavy (non-hydrogen) atoms. The number of amides is 2. The van der Waals surface area contributed by atoms with E-state index >= 15 is 0 Å². The van der Waals surface area contributed by atoms with Crippen molar-refractivity contribution in [3.8, 4) is 0 Å². The smallest absolute Gasteiger partial charge is 0.321 e. The van der Waals surface area contributed by atoms with Gasteiger partial charge in [0.2, 0.25) is 0 Å². The Balaban J connectivity index is 1.83. The van der Waals surface area contributed by atoms with Gasteiger partial charge in [-0.25, -0.2) is 4.79 Å². The fraction of sp³-hybridized carbons (Fsp3) is 0.909. The normalized spacial score (nSPS) is 25.9. The predicted molar refractivity (Wildman–Crippen MR) is 60.2 cm³/mol. The molecule has 2 aliphatic rings. The van der Waals surface area contributed by atoms with E-state index in [9.17, 15) is 18.0 Å². The van der Waals surface area contributed by atoms with Crippen LogP contribution in [0.3, 0.4) is 0 Å². The van der Waals surface area contributed by atoms with Gasteiger partial charge in [-0.05, 0) is 19.4 Å². The fourth-order valence-corrected chi connectivity index (χ4v) is 2.51. The lowest BCUT2D eigenvalue weighted by Gasteiger charge is -2.28. The second-order valence-corrected chi connectivity index (χ2v) is 4.91. The van der Waals surface area contributed by atoms with Crippen LogP contribution < -0.4 is 5.32 Å². The van der Waals surface area contributed by atoms with E-state index in [0.717, 1.165) is 30.7 Å². The summed E-state index contributed by atoms with van der Waals surface area (Å²) < 4.78 is 36.7. The van der Waals surface area contributed by atoms with Crippen molar-refractivity contribution in [3.63, 3.8) is 0 Å². The molecule has 0 aromatic carbocycles. The number of halogens is 3. The van der Waals surface area contributed by atoms with Crippen LogP contribution in [0.15, 0.2) is 0 Å². The second kappa shape index (κ2) is 5.34. The number of rotatable bonds is 3. The number of nitrogens with zero attached hydrogens (tertiary/aromatic N) is 2. The SMILES string of the molecule is O=C1N(CC2CCCCN2)CCN1CC(F)(F)F. The second-order valence-electron chi connectivity index (χ2n) is 4.91. The fourth-order valence-electron chi connectivity index (χ4n) is 2.51. The summed E-state index contributed by atoms with van der Waals surface area (Å²) in [6.45, 7) is 0.880. The molecule has 2 fully saturated rings. The lowest BCUT2D eigenvalue weighted by atomic mass is 10.0. The predicted octanol–water partition coefficient (Wildman–Crippen LogP) is 1.43. The zero-order valence-electron chi connectivity index (χ0n) is 10.2. The number of carbonyl (C=O) groups excluding carboxylic acids is 1. The number of carbonyl (C=O) groups is 1. The molecule has 7 heteroatoms. The van der Waals surface area contributed by atoms with Crippen molar-refractivity contribution < 1.29 is 18.0 Å². The lowest BCUT2D eigenvalue weighted by Crippen LogP contribution is -2.45.